The first-order chi connectivity index (χ1) is 7.77. The first-order valence-electron chi connectivity index (χ1n) is 6.37. The van der Waals surface area contributed by atoms with Crippen LogP contribution in [0, 0.1) is 5.92 Å². The van der Waals surface area contributed by atoms with Crippen LogP contribution in [0.4, 0.5) is 4.79 Å². The monoisotopic (exact) mass is 245 g/mol. The van der Waals surface area contributed by atoms with E-state index in [1.165, 1.54) is 19.3 Å². The van der Waals surface area contributed by atoms with E-state index in [1.807, 2.05) is 0 Å². The van der Waals surface area contributed by atoms with Gasteiger partial charge in [0.05, 0.1) is 0 Å². The molecule has 16 heavy (non-hydrogen) atoms. The van der Waals surface area contributed by atoms with E-state index in [9.17, 15) is 4.79 Å². The van der Waals surface area contributed by atoms with Crippen molar-refractivity contribution < 1.29 is 9.53 Å². The van der Waals surface area contributed by atoms with Crippen molar-refractivity contribution in [2.75, 3.05) is 13.1 Å². The van der Waals surface area contributed by atoms with Crippen molar-refractivity contribution in [3.8, 4) is 0 Å². The second-order valence-electron chi connectivity index (χ2n) is 4.83. The summed E-state index contributed by atoms with van der Waals surface area (Å²) in [5.41, 5.74) is -0.423. The number of rotatable bonds is 2. The van der Waals surface area contributed by atoms with E-state index in [1.54, 1.807) is 4.90 Å². The normalized spacial score (nSPS) is 24.4. The van der Waals surface area contributed by atoms with Gasteiger partial charge in [-0.15, -0.1) is 0 Å². The molecule has 1 saturated carbocycles. The Balaban J connectivity index is 1.76. The standard InChI is InChI=1S/C12H20ClNO2/c13-11(10-6-2-1-3-7-10)16-12(15)14-8-4-5-9-14/h10-11H,1-9H2. The molecule has 0 radical (unpaired) electrons. The molecule has 1 heterocycles. The van der Waals surface area contributed by atoms with E-state index in [-0.39, 0.29) is 6.09 Å². The van der Waals surface area contributed by atoms with Gasteiger partial charge in [0, 0.05) is 19.0 Å². The van der Waals surface area contributed by atoms with Crippen LogP contribution in [-0.4, -0.2) is 29.6 Å². The molecule has 1 amide bonds. The van der Waals surface area contributed by atoms with Gasteiger partial charge < -0.3 is 9.64 Å². The summed E-state index contributed by atoms with van der Waals surface area (Å²) in [5, 5.41) is 0. The number of carbonyl (C=O) groups excluding carboxylic acids is 1. The number of ether oxygens (including phenoxy) is 1. The molecule has 1 atom stereocenters. The second-order valence-corrected chi connectivity index (χ2v) is 5.26. The summed E-state index contributed by atoms with van der Waals surface area (Å²) in [5.74, 6) is 0.363. The highest BCUT2D eigenvalue weighted by Gasteiger charge is 2.27. The molecule has 4 heteroatoms. The quantitative estimate of drug-likeness (QED) is 0.698. The third kappa shape index (κ3) is 3.03. The number of nitrogens with zero attached hydrogens (tertiary/aromatic N) is 1. The number of alkyl halides is 1. The van der Waals surface area contributed by atoms with Crippen LogP contribution in [0.2, 0.25) is 0 Å². The van der Waals surface area contributed by atoms with Crippen LogP contribution >= 0.6 is 11.6 Å². The lowest BCUT2D eigenvalue weighted by Gasteiger charge is -2.27. The largest absolute Gasteiger partial charge is 0.429 e. The van der Waals surface area contributed by atoms with E-state index in [0.29, 0.717) is 5.92 Å². The Bertz CT molecular complexity index is 235. The van der Waals surface area contributed by atoms with Crippen LogP contribution < -0.4 is 0 Å². The van der Waals surface area contributed by atoms with Crippen molar-refractivity contribution in [2.24, 2.45) is 5.92 Å². The molecule has 2 aliphatic rings. The molecule has 0 N–H and O–H groups in total. The van der Waals surface area contributed by atoms with Gasteiger partial charge >= 0.3 is 6.09 Å². The highest BCUT2D eigenvalue weighted by Crippen LogP contribution is 2.30. The predicted molar refractivity (Wildman–Crippen MR) is 63.5 cm³/mol. The number of hydrogen-bond acceptors (Lipinski definition) is 2. The summed E-state index contributed by atoms with van der Waals surface area (Å²) < 4.78 is 5.33. The summed E-state index contributed by atoms with van der Waals surface area (Å²) in [6.07, 6.45) is 7.88. The molecule has 3 nitrogen and oxygen atoms in total. The molecular formula is C12H20ClNO2. The molecule has 0 aromatic carbocycles. The van der Waals surface area contributed by atoms with E-state index < -0.39 is 5.56 Å². The highest BCUT2D eigenvalue weighted by molar-refractivity contribution is 6.20. The fraction of sp³-hybridized carbons (Fsp3) is 0.917. The van der Waals surface area contributed by atoms with E-state index in [0.717, 1.165) is 38.8 Å². The predicted octanol–water partition coefficient (Wildman–Crippen LogP) is 3.36. The molecule has 0 bridgehead atoms. The fourth-order valence-corrected chi connectivity index (χ4v) is 2.89. The lowest BCUT2D eigenvalue weighted by molar-refractivity contribution is 0.0679. The minimum absolute atomic E-state index is 0.219. The van der Waals surface area contributed by atoms with Crippen LogP contribution in [0.3, 0.4) is 0 Å². The van der Waals surface area contributed by atoms with Gasteiger partial charge in [-0.2, -0.15) is 0 Å². The Kier molecular flexibility index (Phi) is 4.33. The molecule has 0 spiro atoms. The smallest absolute Gasteiger partial charge is 0.411 e. The van der Waals surface area contributed by atoms with Gasteiger partial charge in [-0.25, -0.2) is 4.79 Å². The first-order valence-corrected chi connectivity index (χ1v) is 6.80. The maximum Gasteiger partial charge on any atom is 0.411 e. The minimum atomic E-state index is -0.423. The lowest BCUT2D eigenvalue weighted by atomic mass is 9.90. The maximum atomic E-state index is 11.7. The van der Waals surface area contributed by atoms with Crippen LogP contribution in [-0.2, 0) is 4.74 Å². The molecule has 2 rings (SSSR count). The molecule has 0 aromatic rings. The molecule has 0 aromatic heterocycles. The number of hydrogen-bond donors (Lipinski definition) is 0. The molecule has 92 valence electrons. The van der Waals surface area contributed by atoms with E-state index in [4.69, 9.17) is 16.3 Å². The zero-order chi connectivity index (χ0) is 11.4. The average molecular weight is 246 g/mol. The van der Waals surface area contributed by atoms with Crippen molar-refractivity contribution in [3.05, 3.63) is 0 Å². The van der Waals surface area contributed by atoms with Gasteiger partial charge in [0.15, 0.2) is 5.56 Å². The third-order valence-electron chi connectivity index (χ3n) is 3.60. The Morgan fingerprint density at radius 1 is 1.12 bits per heavy atom. The van der Waals surface area contributed by atoms with Crippen LogP contribution in [0.15, 0.2) is 0 Å². The Morgan fingerprint density at radius 2 is 1.75 bits per heavy atom. The number of carbonyl (C=O) groups is 1. The summed E-state index contributed by atoms with van der Waals surface area (Å²) in [6.45, 7) is 1.65. The SMILES string of the molecule is O=C(OC(Cl)C1CCCCC1)N1CCCC1. The fourth-order valence-electron chi connectivity index (χ4n) is 2.56. The van der Waals surface area contributed by atoms with Gasteiger partial charge in [0.2, 0.25) is 0 Å². The van der Waals surface area contributed by atoms with Crippen molar-refractivity contribution in [1.82, 2.24) is 4.90 Å². The zero-order valence-electron chi connectivity index (χ0n) is 9.66. The maximum absolute atomic E-state index is 11.7. The molecule has 1 unspecified atom stereocenters. The topological polar surface area (TPSA) is 29.5 Å². The highest BCUT2D eigenvalue weighted by atomic mass is 35.5. The lowest BCUT2D eigenvalue weighted by Crippen LogP contribution is -2.33. The van der Waals surface area contributed by atoms with Crippen molar-refractivity contribution >= 4 is 17.7 Å². The summed E-state index contributed by atoms with van der Waals surface area (Å²) >= 11 is 6.16. The molecule has 1 aliphatic heterocycles. The number of halogens is 1. The van der Waals surface area contributed by atoms with Crippen LogP contribution in [0.5, 0.6) is 0 Å². The van der Waals surface area contributed by atoms with Gasteiger partial charge in [0.1, 0.15) is 0 Å². The van der Waals surface area contributed by atoms with E-state index in [2.05, 4.69) is 0 Å². The summed E-state index contributed by atoms with van der Waals surface area (Å²) in [4.78, 5) is 13.5. The van der Waals surface area contributed by atoms with Crippen molar-refractivity contribution in [2.45, 2.75) is 50.5 Å². The van der Waals surface area contributed by atoms with Gasteiger partial charge in [-0.1, -0.05) is 30.9 Å². The van der Waals surface area contributed by atoms with Crippen molar-refractivity contribution in [3.63, 3.8) is 0 Å². The van der Waals surface area contributed by atoms with Gasteiger partial charge in [-0.3, -0.25) is 0 Å². The minimum Gasteiger partial charge on any atom is -0.429 e. The molecule has 2 fully saturated rings. The Labute approximate surface area is 102 Å². The summed E-state index contributed by atoms with van der Waals surface area (Å²) in [6, 6.07) is 0. The average Bonchev–Trinajstić information content (AvgIpc) is 2.83. The Hall–Kier alpha value is -0.440. The van der Waals surface area contributed by atoms with Crippen molar-refractivity contribution in [1.29, 1.82) is 0 Å². The molecule has 1 aliphatic carbocycles. The van der Waals surface area contributed by atoms with Gasteiger partial charge in [-0.05, 0) is 25.7 Å². The molecule has 1 saturated heterocycles. The second kappa shape index (κ2) is 5.76. The van der Waals surface area contributed by atoms with Gasteiger partial charge in [0.25, 0.3) is 0 Å². The number of amides is 1. The summed E-state index contributed by atoms with van der Waals surface area (Å²) in [7, 11) is 0. The first kappa shape index (κ1) is 12.0. The van der Waals surface area contributed by atoms with Crippen LogP contribution in [0.25, 0.3) is 0 Å². The third-order valence-corrected chi connectivity index (χ3v) is 4.04. The Morgan fingerprint density at radius 3 is 2.38 bits per heavy atom. The molecular weight excluding hydrogens is 226 g/mol. The van der Waals surface area contributed by atoms with E-state index >= 15 is 0 Å². The number of likely N-dealkylation sites (tertiary alicyclic amines) is 1. The van der Waals surface area contributed by atoms with Crippen LogP contribution in [0.1, 0.15) is 44.9 Å². The zero-order valence-corrected chi connectivity index (χ0v) is 10.4.